The van der Waals surface area contributed by atoms with E-state index in [1.807, 2.05) is 0 Å². The SMILES string of the molecule is CCCC1(CNc2ccc(C(F)(F)F)cc2Br)CC1. The lowest BCUT2D eigenvalue weighted by atomic mass is 10.0. The number of hydrogen-bond acceptors (Lipinski definition) is 1. The van der Waals surface area contributed by atoms with Gasteiger partial charge in [-0.15, -0.1) is 0 Å². The molecule has 1 aromatic carbocycles. The van der Waals surface area contributed by atoms with Crippen LogP contribution in [0.25, 0.3) is 0 Å². The molecule has 0 aliphatic heterocycles. The van der Waals surface area contributed by atoms with Gasteiger partial charge < -0.3 is 5.32 Å². The molecule has 0 spiro atoms. The van der Waals surface area contributed by atoms with Crippen LogP contribution in [0, 0.1) is 5.41 Å². The van der Waals surface area contributed by atoms with E-state index in [0.717, 1.165) is 30.8 Å². The molecule has 0 aromatic heterocycles. The van der Waals surface area contributed by atoms with Crippen LogP contribution in [0.5, 0.6) is 0 Å². The molecule has 19 heavy (non-hydrogen) atoms. The Kier molecular flexibility index (Phi) is 4.14. The standard InChI is InChI=1S/C14H17BrF3N/c1-2-5-13(6-7-13)9-19-12-4-3-10(8-11(12)15)14(16,17)18/h3-4,8,19H,2,5-7,9H2,1H3. The fourth-order valence-corrected chi connectivity index (χ4v) is 2.86. The third-order valence-corrected chi connectivity index (χ3v) is 4.34. The summed E-state index contributed by atoms with van der Waals surface area (Å²) >= 11 is 3.20. The Labute approximate surface area is 119 Å². The van der Waals surface area contributed by atoms with E-state index in [9.17, 15) is 13.2 Å². The van der Waals surface area contributed by atoms with Gasteiger partial charge in [-0.1, -0.05) is 13.3 Å². The van der Waals surface area contributed by atoms with Gasteiger partial charge in [0, 0.05) is 16.7 Å². The first-order chi connectivity index (χ1) is 8.86. The quantitative estimate of drug-likeness (QED) is 0.753. The first kappa shape index (κ1) is 14.7. The van der Waals surface area contributed by atoms with Gasteiger partial charge in [-0.3, -0.25) is 0 Å². The lowest BCUT2D eigenvalue weighted by Gasteiger charge is -2.17. The zero-order valence-electron chi connectivity index (χ0n) is 10.8. The molecule has 106 valence electrons. The molecule has 0 bridgehead atoms. The molecule has 5 heteroatoms. The molecule has 0 amide bonds. The van der Waals surface area contributed by atoms with Gasteiger partial charge in [-0.05, 0) is 58.8 Å². The summed E-state index contributed by atoms with van der Waals surface area (Å²) in [5.74, 6) is 0. The number of halogens is 4. The van der Waals surface area contributed by atoms with Gasteiger partial charge in [-0.25, -0.2) is 0 Å². The molecule has 0 atom stereocenters. The van der Waals surface area contributed by atoms with Gasteiger partial charge in [-0.2, -0.15) is 13.2 Å². The normalized spacial score (nSPS) is 17.3. The molecule has 0 radical (unpaired) electrons. The van der Waals surface area contributed by atoms with Crippen molar-refractivity contribution in [2.24, 2.45) is 5.41 Å². The van der Waals surface area contributed by atoms with Crippen molar-refractivity contribution < 1.29 is 13.2 Å². The second-order valence-corrected chi connectivity index (χ2v) is 6.15. The van der Waals surface area contributed by atoms with Gasteiger partial charge in [0.1, 0.15) is 0 Å². The Balaban J connectivity index is 2.02. The van der Waals surface area contributed by atoms with Crippen LogP contribution in [0.3, 0.4) is 0 Å². The Bertz CT molecular complexity index is 452. The van der Waals surface area contributed by atoms with Gasteiger partial charge in [0.25, 0.3) is 0 Å². The highest BCUT2D eigenvalue weighted by Gasteiger charge is 2.41. The zero-order valence-corrected chi connectivity index (χ0v) is 12.4. The summed E-state index contributed by atoms with van der Waals surface area (Å²) in [6.07, 6.45) is 0.466. The zero-order chi connectivity index (χ0) is 14.1. The number of alkyl halides is 3. The first-order valence-corrected chi connectivity index (χ1v) is 7.26. The Morgan fingerprint density at radius 2 is 2.00 bits per heavy atom. The average Bonchev–Trinajstić information content (AvgIpc) is 3.07. The van der Waals surface area contributed by atoms with E-state index in [0.29, 0.717) is 9.89 Å². The Morgan fingerprint density at radius 1 is 1.32 bits per heavy atom. The molecule has 1 fully saturated rings. The van der Waals surface area contributed by atoms with Crippen LogP contribution in [0.1, 0.15) is 38.2 Å². The maximum absolute atomic E-state index is 12.5. The van der Waals surface area contributed by atoms with Crippen LogP contribution >= 0.6 is 15.9 Å². The Hall–Kier alpha value is -0.710. The molecule has 1 N–H and O–H groups in total. The van der Waals surface area contributed by atoms with Crippen molar-refractivity contribution in [2.75, 3.05) is 11.9 Å². The summed E-state index contributed by atoms with van der Waals surface area (Å²) in [7, 11) is 0. The topological polar surface area (TPSA) is 12.0 Å². The van der Waals surface area contributed by atoms with Crippen molar-refractivity contribution in [3.05, 3.63) is 28.2 Å². The minimum absolute atomic E-state index is 0.372. The molecule has 2 rings (SSSR count). The van der Waals surface area contributed by atoms with Crippen molar-refractivity contribution >= 4 is 21.6 Å². The lowest BCUT2D eigenvalue weighted by molar-refractivity contribution is -0.137. The minimum atomic E-state index is -4.29. The highest BCUT2D eigenvalue weighted by Crippen LogP contribution is 2.49. The molecule has 0 heterocycles. The summed E-state index contributed by atoms with van der Waals surface area (Å²) in [5.41, 5.74) is 0.478. The van der Waals surface area contributed by atoms with Crippen LogP contribution in [0.15, 0.2) is 22.7 Å². The van der Waals surface area contributed by atoms with E-state index >= 15 is 0 Å². The van der Waals surface area contributed by atoms with E-state index in [-0.39, 0.29) is 0 Å². The Morgan fingerprint density at radius 3 is 2.47 bits per heavy atom. The molecule has 1 aliphatic rings. The summed E-state index contributed by atoms with van der Waals surface area (Å²) in [4.78, 5) is 0. The molecule has 1 saturated carbocycles. The largest absolute Gasteiger partial charge is 0.416 e. The van der Waals surface area contributed by atoms with Crippen molar-refractivity contribution in [3.8, 4) is 0 Å². The van der Waals surface area contributed by atoms with Gasteiger partial charge in [0.15, 0.2) is 0 Å². The van der Waals surface area contributed by atoms with Crippen molar-refractivity contribution in [3.63, 3.8) is 0 Å². The summed E-state index contributed by atoms with van der Waals surface area (Å²) < 4.78 is 38.1. The predicted octanol–water partition coefficient (Wildman–Crippen LogP) is 5.46. The third-order valence-electron chi connectivity index (χ3n) is 3.69. The fourth-order valence-electron chi connectivity index (χ4n) is 2.34. The number of nitrogens with one attached hydrogen (secondary N) is 1. The maximum atomic E-state index is 12.5. The van der Waals surface area contributed by atoms with Crippen LogP contribution in [-0.4, -0.2) is 6.54 Å². The van der Waals surface area contributed by atoms with E-state index < -0.39 is 11.7 Å². The monoisotopic (exact) mass is 335 g/mol. The van der Waals surface area contributed by atoms with Crippen LogP contribution < -0.4 is 5.32 Å². The van der Waals surface area contributed by atoms with Crippen LogP contribution in [0.2, 0.25) is 0 Å². The second-order valence-electron chi connectivity index (χ2n) is 5.30. The predicted molar refractivity (Wildman–Crippen MR) is 74.2 cm³/mol. The first-order valence-electron chi connectivity index (χ1n) is 6.47. The van der Waals surface area contributed by atoms with Crippen LogP contribution in [-0.2, 0) is 6.18 Å². The number of hydrogen-bond donors (Lipinski definition) is 1. The van der Waals surface area contributed by atoms with Gasteiger partial charge >= 0.3 is 6.18 Å². The number of benzene rings is 1. The third kappa shape index (κ3) is 3.65. The number of rotatable bonds is 5. The van der Waals surface area contributed by atoms with Crippen LogP contribution in [0.4, 0.5) is 18.9 Å². The van der Waals surface area contributed by atoms with E-state index in [1.54, 1.807) is 0 Å². The molecule has 1 aliphatic carbocycles. The fraction of sp³-hybridized carbons (Fsp3) is 0.571. The molecular formula is C14H17BrF3N. The van der Waals surface area contributed by atoms with E-state index in [1.165, 1.54) is 25.3 Å². The number of anilines is 1. The minimum Gasteiger partial charge on any atom is -0.384 e. The summed E-state index contributed by atoms with van der Waals surface area (Å²) in [6.45, 7) is 3.00. The van der Waals surface area contributed by atoms with Crippen molar-refractivity contribution in [1.29, 1.82) is 0 Å². The van der Waals surface area contributed by atoms with Crippen molar-refractivity contribution in [2.45, 2.75) is 38.8 Å². The average molecular weight is 336 g/mol. The molecule has 0 saturated heterocycles. The van der Waals surface area contributed by atoms with Gasteiger partial charge in [0.05, 0.1) is 5.56 Å². The van der Waals surface area contributed by atoms with E-state index in [2.05, 4.69) is 28.2 Å². The molecule has 0 unspecified atom stereocenters. The van der Waals surface area contributed by atoms with E-state index in [4.69, 9.17) is 0 Å². The highest BCUT2D eigenvalue weighted by atomic mass is 79.9. The molecule has 1 nitrogen and oxygen atoms in total. The second kappa shape index (κ2) is 5.35. The van der Waals surface area contributed by atoms with Gasteiger partial charge in [0.2, 0.25) is 0 Å². The van der Waals surface area contributed by atoms with Crippen molar-refractivity contribution in [1.82, 2.24) is 0 Å². The highest BCUT2D eigenvalue weighted by molar-refractivity contribution is 9.10. The smallest absolute Gasteiger partial charge is 0.384 e. The summed E-state index contributed by atoms with van der Waals surface area (Å²) in [6, 6.07) is 3.74. The molecule has 1 aromatic rings. The summed E-state index contributed by atoms with van der Waals surface area (Å²) in [5, 5.41) is 3.26. The lowest BCUT2D eigenvalue weighted by Crippen LogP contribution is -2.15. The molecular weight excluding hydrogens is 319 g/mol. The maximum Gasteiger partial charge on any atom is 0.416 e.